The molecule has 1 radical (unpaired) electrons. The van der Waals surface area contributed by atoms with Crippen molar-refractivity contribution in [3.63, 3.8) is 0 Å². The van der Waals surface area contributed by atoms with E-state index in [1.54, 1.807) is 0 Å². The normalized spacial score (nSPS) is 8.54. The van der Waals surface area contributed by atoms with Crippen LogP contribution in [0.15, 0.2) is 182 Å². The average molecular weight is 818 g/mol. The standard InChI is InChI=1S/2C18H15P.4CO.HI.Mn/c2*1-4-10-16(11-5-1)19(17-12-6-2-7-13-17)18-14-8-3-9-15-18;4*1-2;;/h2*1-15H;;;;;1H;/p-1. The van der Waals surface area contributed by atoms with E-state index in [1.807, 2.05) is 0 Å². The van der Waals surface area contributed by atoms with Crippen molar-refractivity contribution >= 4 is 47.7 Å². The summed E-state index contributed by atoms with van der Waals surface area (Å²) in [6.07, 6.45) is 0. The van der Waals surface area contributed by atoms with Crippen LogP contribution in [-0.4, -0.2) is 0 Å². The fourth-order valence-electron chi connectivity index (χ4n) is 4.36. The number of hydrogen-bond acceptors (Lipinski definition) is 0. The first kappa shape index (κ1) is 46.5. The first-order valence-corrected chi connectivity index (χ1v) is 16.3. The van der Waals surface area contributed by atoms with Gasteiger partial charge >= 0.3 is 45.2 Å². The van der Waals surface area contributed by atoms with Gasteiger partial charge in [0.1, 0.15) is 0 Å². The van der Waals surface area contributed by atoms with Gasteiger partial charge in [0.05, 0.1) is 0 Å². The van der Waals surface area contributed by atoms with E-state index in [9.17, 15) is 0 Å². The zero-order valence-electron chi connectivity index (χ0n) is 25.6. The van der Waals surface area contributed by atoms with Crippen molar-refractivity contribution < 1.29 is 59.7 Å². The SMILES string of the molecule is [C-]#[O+].[C-]#[O+].[C-]#[O+].[C-]#[O+].[I-].[Mn].c1ccc(P(c2ccccc2)c2ccccc2)cc1.c1ccc(P(c2ccccc2)c2ccccc2)cc1. The Morgan fingerprint density at radius 3 is 0.458 bits per heavy atom. The molecule has 0 aliphatic heterocycles. The van der Waals surface area contributed by atoms with Gasteiger partial charge in [-0.1, -0.05) is 182 Å². The van der Waals surface area contributed by atoms with Crippen molar-refractivity contribution in [2.24, 2.45) is 0 Å². The third kappa shape index (κ3) is 15.5. The minimum Gasteiger partial charge on any atom is -1.00 e. The average Bonchev–Trinajstić information content (AvgIpc) is 3.18. The molecule has 8 heteroatoms. The Bertz CT molecular complexity index is 1360. The number of benzene rings is 6. The Hall–Kier alpha value is -3.61. The summed E-state index contributed by atoms with van der Waals surface area (Å²) < 4.78 is 30.0. The molecule has 6 rings (SSSR count). The second-order valence-electron chi connectivity index (χ2n) is 8.68. The molecule has 6 aromatic rings. The van der Waals surface area contributed by atoms with Crippen LogP contribution in [0.5, 0.6) is 0 Å². The molecular weight excluding hydrogens is 788 g/mol. The first-order chi connectivity index (χ1) is 22.9. The summed E-state index contributed by atoms with van der Waals surface area (Å²) in [7, 11) is -0.892. The van der Waals surface area contributed by atoms with Gasteiger partial charge in [-0.2, -0.15) is 0 Å². The Balaban J connectivity index is 0. The first-order valence-electron chi connectivity index (χ1n) is 13.6. The molecular formula is C40H30IMnO4P2-. The Morgan fingerprint density at radius 2 is 0.354 bits per heavy atom. The molecule has 0 aliphatic rings. The van der Waals surface area contributed by atoms with Gasteiger partial charge in [0.15, 0.2) is 0 Å². The van der Waals surface area contributed by atoms with Crippen molar-refractivity contribution in [3.8, 4) is 0 Å². The van der Waals surface area contributed by atoms with Crippen LogP contribution in [0.3, 0.4) is 0 Å². The summed E-state index contributed by atoms with van der Waals surface area (Å²) in [5, 5.41) is 8.39. The third-order valence-electron chi connectivity index (χ3n) is 6.09. The molecule has 0 bridgehead atoms. The van der Waals surface area contributed by atoms with Crippen molar-refractivity contribution in [1.29, 1.82) is 0 Å². The van der Waals surface area contributed by atoms with Crippen LogP contribution < -0.4 is 55.8 Å². The molecule has 0 saturated carbocycles. The predicted octanol–water partition coefficient (Wildman–Crippen LogP) is 3.74. The molecule has 48 heavy (non-hydrogen) atoms. The Labute approximate surface area is 313 Å². The van der Waals surface area contributed by atoms with E-state index in [2.05, 4.69) is 209 Å². The molecule has 0 amide bonds. The van der Waals surface area contributed by atoms with Crippen LogP contribution in [0.4, 0.5) is 0 Å². The minimum absolute atomic E-state index is 0. The maximum atomic E-state index is 7.50. The van der Waals surface area contributed by atoms with Crippen LogP contribution in [0.1, 0.15) is 0 Å². The molecule has 0 N–H and O–H groups in total. The van der Waals surface area contributed by atoms with Gasteiger partial charge in [-0.05, 0) is 47.7 Å². The third-order valence-corrected chi connectivity index (χ3v) is 11.0. The summed E-state index contributed by atoms with van der Waals surface area (Å²) in [4.78, 5) is 0. The van der Waals surface area contributed by atoms with E-state index in [1.165, 1.54) is 31.8 Å². The maximum Gasteiger partial charge on any atom is 0 e. The molecule has 239 valence electrons. The van der Waals surface area contributed by atoms with Crippen molar-refractivity contribution in [3.05, 3.63) is 209 Å². The largest absolute Gasteiger partial charge is 1.00 e. The number of hydrogen-bond donors (Lipinski definition) is 0. The van der Waals surface area contributed by atoms with Gasteiger partial charge in [-0.25, -0.2) is 0 Å². The predicted molar refractivity (Wildman–Crippen MR) is 186 cm³/mol. The minimum atomic E-state index is -0.446. The fraction of sp³-hybridized carbons (Fsp3) is 0. The van der Waals surface area contributed by atoms with Gasteiger partial charge < -0.3 is 24.0 Å². The molecule has 0 spiro atoms. The zero-order valence-corrected chi connectivity index (χ0v) is 30.7. The van der Waals surface area contributed by atoms with Gasteiger partial charge in [0.25, 0.3) is 0 Å². The maximum absolute atomic E-state index is 7.50. The monoisotopic (exact) mass is 818 g/mol. The van der Waals surface area contributed by atoms with Crippen molar-refractivity contribution in [1.82, 2.24) is 0 Å². The molecule has 0 unspecified atom stereocenters. The molecule has 0 heterocycles. The van der Waals surface area contributed by atoms with Gasteiger partial charge in [0, 0.05) is 17.1 Å². The Kier molecular flexibility index (Phi) is 29.8. The van der Waals surface area contributed by atoms with Crippen LogP contribution in [0.25, 0.3) is 0 Å². The van der Waals surface area contributed by atoms with Crippen molar-refractivity contribution in [2.45, 2.75) is 0 Å². The molecule has 0 fully saturated rings. The van der Waals surface area contributed by atoms with Crippen LogP contribution in [-0.2, 0) is 35.7 Å². The summed E-state index contributed by atoms with van der Waals surface area (Å²) >= 11 is 0. The summed E-state index contributed by atoms with van der Waals surface area (Å²) in [5.41, 5.74) is 0. The summed E-state index contributed by atoms with van der Waals surface area (Å²) in [5.74, 6) is 0. The van der Waals surface area contributed by atoms with E-state index >= 15 is 0 Å². The van der Waals surface area contributed by atoms with Crippen LogP contribution >= 0.6 is 15.8 Å². The molecule has 0 atom stereocenters. The summed E-state index contributed by atoms with van der Waals surface area (Å²) in [6.45, 7) is 18.0. The topological polar surface area (TPSA) is 79.6 Å². The fourth-order valence-corrected chi connectivity index (χ4v) is 8.97. The van der Waals surface area contributed by atoms with E-state index < -0.39 is 15.8 Å². The smallest absolute Gasteiger partial charge is 0 e. The van der Waals surface area contributed by atoms with Gasteiger partial charge in [-0.3, -0.25) is 0 Å². The molecule has 0 saturated heterocycles. The van der Waals surface area contributed by atoms with E-state index in [4.69, 9.17) is 18.6 Å². The van der Waals surface area contributed by atoms with Crippen LogP contribution in [0, 0.1) is 26.6 Å². The van der Waals surface area contributed by atoms with E-state index in [0.29, 0.717) is 0 Å². The molecule has 6 aromatic carbocycles. The molecule has 0 aromatic heterocycles. The zero-order chi connectivity index (χ0) is 33.8. The van der Waals surface area contributed by atoms with E-state index in [-0.39, 0.29) is 41.0 Å². The van der Waals surface area contributed by atoms with Crippen molar-refractivity contribution in [2.75, 3.05) is 0 Å². The second-order valence-corrected chi connectivity index (χ2v) is 13.1. The number of rotatable bonds is 6. The quantitative estimate of drug-likeness (QED) is 0.0809. The van der Waals surface area contributed by atoms with E-state index in [0.717, 1.165) is 0 Å². The number of halogens is 1. The molecule has 4 nitrogen and oxygen atoms in total. The molecule has 0 aliphatic carbocycles. The van der Waals surface area contributed by atoms with Gasteiger partial charge in [-0.15, -0.1) is 0 Å². The Morgan fingerprint density at radius 1 is 0.250 bits per heavy atom. The van der Waals surface area contributed by atoms with Crippen LogP contribution in [0.2, 0.25) is 0 Å². The van der Waals surface area contributed by atoms with Gasteiger partial charge in [0.2, 0.25) is 0 Å². The second kappa shape index (κ2) is 30.7. The summed E-state index contributed by atoms with van der Waals surface area (Å²) in [6, 6.07) is 64.7.